The first kappa shape index (κ1) is 18.3. The quantitative estimate of drug-likeness (QED) is 0.716. The number of nitrogens with zero attached hydrogens (tertiary/aromatic N) is 2. The maximum atomic E-state index is 6.23. The number of ether oxygens (including phenoxy) is 2. The van der Waals surface area contributed by atoms with Crippen LogP contribution in [0.25, 0.3) is 22.3 Å². The van der Waals surface area contributed by atoms with E-state index in [1.165, 1.54) is 0 Å². The van der Waals surface area contributed by atoms with Crippen LogP contribution >= 0.6 is 0 Å². The van der Waals surface area contributed by atoms with Crippen molar-refractivity contribution in [2.45, 2.75) is 32.6 Å². The number of pyridine rings is 2. The SMILES string of the molecule is COc1ncccc1C1=CC(c2c[nH]c3ncccc23)=CC(OC(C)(C)C)N1. The molecule has 2 N–H and O–H groups in total. The number of nitrogens with one attached hydrogen (secondary N) is 2. The van der Waals surface area contributed by atoms with Crippen LogP contribution in [0.1, 0.15) is 31.9 Å². The van der Waals surface area contributed by atoms with Gasteiger partial charge in [-0.05, 0) is 62.8 Å². The molecule has 6 heteroatoms. The number of allylic oxidation sites excluding steroid dienone is 2. The predicted octanol–water partition coefficient (Wildman–Crippen LogP) is 4.14. The van der Waals surface area contributed by atoms with Crippen molar-refractivity contribution in [1.29, 1.82) is 0 Å². The number of rotatable bonds is 4. The Hall–Kier alpha value is -3.12. The van der Waals surface area contributed by atoms with Crippen LogP contribution in [0.5, 0.6) is 5.88 Å². The number of dihydropyridines is 1. The molecule has 0 aliphatic carbocycles. The van der Waals surface area contributed by atoms with E-state index >= 15 is 0 Å². The van der Waals surface area contributed by atoms with E-state index in [0.29, 0.717) is 5.88 Å². The van der Waals surface area contributed by atoms with E-state index in [4.69, 9.17) is 9.47 Å². The summed E-state index contributed by atoms with van der Waals surface area (Å²) in [7, 11) is 1.63. The van der Waals surface area contributed by atoms with Crippen molar-refractivity contribution in [3.63, 3.8) is 0 Å². The summed E-state index contributed by atoms with van der Waals surface area (Å²) >= 11 is 0. The standard InChI is InChI=1S/C22H24N4O2/c1-22(2,3)28-19-12-14(17-13-25-20-15(17)7-5-9-23-20)11-18(26-19)16-8-6-10-24-21(16)27-4/h5-13,19,26H,1-4H3,(H,23,25). The smallest absolute Gasteiger partial charge is 0.222 e. The van der Waals surface area contributed by atoms with Gasteiger partial charge in [0.2, 0.25) is 5.88 Å². The second-order valence-electron chi connectivity index (χ2n) is 7.64. The van der Waals surface area contributed by atoms with Crippen LogP contribution in [0.4, 0.5) is 0 Å². The van der Waals surface area contributed by atoms with Crippen LogP contribution in [-0.2, 0) is 4.74 Å². The highest BCUT2D eigenvalue weighted by atomic mass is 16.5. The molecular formula is C22H24N4O2. The van der Waals surface area contributed by atoms with E-state index < -0.39 is 0 Å². The zero-order valence-electron chi connectivity index (χ0n) is 16.5. The lowest BCUT2D eigenvalue weighted by atomic mass is 9.99. The summed E-state index contributed by atoms with van der Waals surface area (Å²) in [6.07, 6.45) is 9.38. The van der Waals surface area contributed by atoms with E-state index in [9.17, 15) is 0 Å². The molecule has 1 unspecified atom stereocenters. The van der Waals surface area contributed by atoms with Gasteiger partial charge in [-0.3, -0.25) is 0 Å². The molecule has 28 heavy (non-hydrogen) atoms. The average Bonchev–Trinajstić information content (AvgIpc) is 3.10. The third-order valence-corrected chi connectivity index (χ3v) is 4.43. The third-order valence-electron chi connectivity index (χ3n) is 4.43. The Morgan fingerprint density at radius 1 is 1.04 bits per heavy atom. The van der Waals surface area contributed by atoms with Gasteiger partial charge in [0, 0.05) is 35.2 Å². The number of aromatic nitrogens is 3. The highest BCUT2D eigenvalue weighted by Gasteiger charge is 2.24. The third kappa shape index (κ3) is 3.64. The van der Waals surface area contributed by atoms with Gasteiger partial charge in [0.15, 0.2) is 0 Å². The van der Waals surface area contributed by atoms with Crippen LogP contribution in [0.15, 0.2) is 55.0 Å². The molecule has 6 nitrogen and oxygen atoms in total. The molecule has 0 saturated heterocycles. The fourth-order valence-corrected chi connectivity index (χ4v) is 3.32. The second-order valence-corrected chi connectivity index (χ2v) is 7.64. The van der Waals surface area contributed by atoms with Gasteiger partial charge in [-0.25, -0.2) is 9.97 Å². The zero-order chi connectivity index (χ0) is 19.7. The van der Waals surface area contributed by atoms with E-state index in [-0.39, 0.29) is 11.8 Å². The van der Waals surface area contributed by atoms with Crippen molar-refractivity contribution < 1.29 is 9.47 Å². The van der Waals surface area contributed by atoms with Crippen LogP contribution < -0.4 is 10.1 Å². The lowest BCUT2D eigenvalue weighted by Gasteiger charge is -2.31. The van der Waals surface area contributed by atoms with E-state index in [1.54, 1.807) is 19.5 Å². The monoisotopic (exact) mass is 376 g/mol. The van der Waals surface area contributed by atoms with E-state index in [0.717, 1.165) is 33.4 Å². The Kier molecular flexibility index (Phi) is 4.65. The topological polar surface area (TPSA) is 72.1 Å². The summed E-state index contributed by atoms with van der Waals surface area (Å²) in [6, 6.07) is 7.89. The first-order valence-corrected chi connectivity index (χ1v) is 9.24. The highest BCUT2D eigenvalue weighted by Crippen LogP contribution is 2.33. The second kappa shape index (κ2) is 7.13. The number of methoxy groups -OCH3 is 1. The molecule has 4 heterocycles. The van der Waals surface area contributed by atoms with Gasteiger partial charge in [-0.15, -0.1) is 0 Å². The molecule has 144 valence electrons. The largest absolute Gasteiger partial charge is 0.481 e. The van der Waals surface area contributed by atoms with Gasteiger partial charge >= 0.3 is 0 Å². The van der Waals surface area contributed by atoms with E-state index in [2.05, 4.69) is 38.5 Å². The summed E-state index contributed by atoms with van der Waals surface area (Å²) in [4.78, 5) is 12.0. The summed E-state index contributed by atoms with van der Waals surface area (Å²) < 4.78 is 11.7. The summed E-state index contributed by atoms with van der Waals surface area (Å²) in [6.45, 7) is 6.13. The first-order valence-electron chi connectivity index (χ1n) is 9.24. The predicted molar refractivity (Wildman–Crippen MR) is 111 cm³/mol. The Morgan fingerprint density at radius 2 is 1.82 bits per heavy atom. The maximum absolute atomic E-state index is 6.23. The van der Waals surface area contributed by atoms with Gasteiger partial charge in [-0.1, -0.05) is 0 Å². The molecule has 1 aliphatic rings. The highest BCUT2D eigenvalue weighted by molar-refractivity contribution is 5.97. The van der Waals surface area contributed by atoms with Crippen LogP contribution in [0.2, 0.25) is 0 Å². The Morgan fingerprint density at radius 3 is 2.61 bits per heavy atom. The summed E-state index contributed by atoms with van der Waals surface area (Å²) in [5, 5.41) is 4.53. The molecule has 4 rings (SSSR count). The van der Waals surface area contributed by atoms with Gasteiger partial charge in [0.25, 0.3) is 0 Å². The number of H-pyrrole nitrogens is 1. The Labute approximate surface area is 164 Å². The lowest BCUT2D eigenvalue weighted by molar-refractivity contribution is -0.0452. The van der Waals surface area contributed by atoms with Crippen LogP contribution in [0, 0.1) is 0 Å². The lowest BCUT2D eigenvalue weighted by Crippen LogP contribution is -2.37. The minimum atomic E-state index is -0.303. The molecule has 0 saturated carbocycles. The molecule has 0 radical (unpaired) electrons. The minimum absolute atomic E-state index is 0.290. The molecule has 0 amide bonds. The van der Waals surface area contributed by atoms with Crippen molar-refractivity contribution in [3.8, 4) is 5.88 Å². The van der Waals surface area contributed by atoms with E-state index in [1.807, 2.05) is 45.2 Å². The summed E-state index contributed by atoms with van der Waals surface area (Å²) in [5.74, 6) is 0.567. The van der Waals surface area contributed by atoms with Crippen LogP contribution in [0.3, 0.4) is 0 Å². The van der Waals surface area contributed by atoms with Crippen molar-refractivity contribution in [3.05, 3.63) is 66.1 Å². The maximum Gasteiger partial charge on any atom is 0.222 e. The molecule has 3 aromatic heterocycles. The van der Waals surface area contributed by atoms with Crippen molar-refractivity contribution in [2.75, 3.05) is 7.11 Å². The van der Waals surface area contributed by atoms with Crippen LogP contribution in [-0.4, -0.2) is 33.9 Å². The molecule has 0 fully saturated rings. The number of aromatic amines is 1. The average molecular weight is 376 g/mol. The summed E-state index contributed by atoms with van der Waals surface area (Å²) in [5.41, 5.74) is 4.47. The molecule has 0 aromatic carbocycles. The van der Waals surface area contributed by atoms with Crippen molar-refractivity contribution >= 4 is 22.3 Å². The fraction of sp³-hybridized carbons (Fsp3) is 0.273. The molecular weight excluding hydrogens is 352 g/mol. The number of fused-ring (bicyclic) bond motifs is 1. The van der Waals surface area contributed by atoms with Crippen molar-refractivity contribution in [2.24, 2.45) is 0 Å². The van der Waals surface area contributed by atoms with Gasteiger partial charge in [-0.2, -0.15) is 0 Å². The molecule has 0 spiro atoms. The van der Waals surface area contributed by atoms with Crippen molar-refractivity contribution in [1.82, 2.24) is 20.3 Å². The molecule has 1 aliphatic heterocycles. The number of hydrogen-bond donors (Lipinski definition) is 2. The Balaban J connectivity index is 1.82. The Bertz CT molecular complexity index is 1060. The normalized spacial score (nSPS) is 17.1. The number of hydrogen-bond acceptors (Lipinski definition) is 5. The van der Waals surface area contributed by atoms with Gasteiger partial charge in [0.1, 0.15) is 11.9 Å². The molecule has 0 bridgehead atoms. The minimum Gasteiger partial charge on any atom is -0.481 e. The fourth-order valence-electron chi connectivity index (χ4n) is 3.32. The zero-order valence-corrected chi connectivity index (χ0v) is 16.5. The first-order chi connectivity index (χ1) is 13.4. The van der Waals surface area contributed by atoms with Gasteiger partial charge in [0.05, 0.1) is 18.3 Å². The van der Waals surface area contributed by atoms with Gasteiger partial charge < -0.3 is 19.8 Å². The molecule has 1 atom stereocenters. The molecule has 3 aromatic rings.